The van der Waals surface area contributed by atoms with Crippen molar-refractivity contribution in [1.82, 2.24) is 15.5 Å². The summed E-state index contributed by atoms with van der Waals surface area (Å²) in [5, 5.41) is 6.34. The SMILES string of the molecule is CCN1CCN(c2ccc(C(=O)NCC3(COC)CCNCC3)cc2F)CC1. The van der Waals surface area contributed by atoms with E-state index in [1.807, 2.05) is 0 Å². The number of methoxy groups -OCH3 is 1. The summed E-state index contributed by atoms with van der Waals surface area (Å²) in [5.74, 6) is -0.554. The monoisotopic (exact) mass is 392 g/mol. The van der Waals surface area contributed by atoms with Crippen LogP contribution in [0.5, 0.6) is 0 Å². The van der Waals surface area contributed by atoms with Gasteiger partial charge in [-0.3, -0.25) is 4.79 Å². The fourth-order valence-electron chi connectivity index (χ4n) is 4.21. The van der Waals surface area contributed by atoms with Gasteiger partial charge in [0, 0.05) is 50.8 Å². The second kappa shape index (κ2) is 9.67. The Hall–Kier alpha value is -1.70. The molecule has 1 amide bonds. The van der Waals surface area contributed by atoms with E-state index in [0.717, 1.165) is 58.7 Å². The van der Waals surface area contributed by atoms with Gasteiger partial charge in [-0.1, -0.05) is 6.92 Å². The number of ether oxygens (including phenoxy) is 1. The molecule has 1 aromatic rings. The first-order chi connectivity index (χ1) is 13.6. The van der Waals surface area contributed by atoms with Crippen molar-refractivity contribution in [3.05, 3.63) is 29.6 Å². The number of hydrogen-bond acceptors (Lipinski definition) is 5. The van der Waals surface area contributed by atoms with E-state index >= 15 is 0 Å². The van der Waals surface area contributed by atoms with E-state index < -0.39 is 0 Å². The van der Waals surface area contributed by atoms with Crippen molar-refractivity contribution in [2.75, 3.05) is 71.0 Å². The molecule has 0 spiro atoms. The molecule has 2 N–H and O–H groups in total. The van der Waals surface area contributed by atoms with Gasteiger partial charge in [0.2, 0.25) is 0 Å². The summed E-state index contributed by atoms with van der Waals surface area (Å²) in [6.45, 7) is 9.68. The molecular formula is C21H33FN4O2. The van der Waals surface area contributed by atoms with Gasteiger partial charge < -0.3 is 25.2 Å². The summed E-state index contributed by atoms with van der Waals surface area (Å²) in [5.41, 5.74) is 0.907. The van der Waals surface area contributed by atoms with Crippen LogP contribution in [0.25, 0.3) is 0 Å². The van der Waals surface area contributed by atoms with E-state index in [9.17, 15) is 9.18 Å². The number of piperidine rings is 1. The molecule has 0 radical (unpaired) electrons. The van der Waals surface area contributed by atoms with Crippen molar-refractivity contribution in [3.63, 3.8) is 0 Å². The van der Waals surface area contributed by atoms with Crippen LogP contribution in [0.1, 0.15) is 30.1 Å². The van der Waals surface area contributed by atoms with E-state index in [-0.39, 0.29) is 17.1 Å². The Morgan fingerprint density at radius 2 is 1.96 bits per heavy atom. The lowest BCUT2D eigenvalue weighted by Crippen LogP contribution is -2.47. The molecule has 2 fully saturated rings. The van der Waals surface area contributed by atoms with Crippen molar-refractivity contribution in [1.29, 1.82) is 0 Å². The number of benzene rings is 1. The first kappa shape index (κ1) is 21.0. The number of carbonyl (C=O) groups excluding carboxylic acids is 1. The molecule has 0 bridgehead atoms. The third-order valence-electron chi connectivity index (χ3n) is 6.11. The predicted octanol–water partition coefficient (Wildman–Crippen LogP) is 1.71. The number of anilines is 1. The maximum atomic E-state index is 14.7. The first-order valence-corrected chi connectivity index (χ1v) is 10.3. The van der Waals surface area contributed by atoms with E-state index in [0.29, 0.717) is 24.4 Å². The normalized spacial score (nSPS) is 20.2. The number of carbonyl (C=O) groups is 1. The topological polar surface area (TPSA) is 56.8 Å². The van der Waals surface area contributed by atoms with Crippen LogP contribution >= 0.6 is 0 Å². The Kier molecular flexibility index (Phi) is 7.26. The lowest BCUT2D eigenvalue weighted by Gasteiger charge is -2.37. The van der Waals surface area contributed by atoms with E-state index in [1.165, 1.54) is 6.07 Å². The molecule has 3 rings (SSSR count). The molecule has 2 saturated heterocycles. The highest BCUT2D eigenvalue weighted by Gasteiger charge is 2.32. The van der Waals surface area contributed by atoms with Gasteiger partial charge >= 0.3 is 0 Å². The van der Waals surface area contributed by atoms with Gasteiger partial charge in [0.1, 0.15) is 5.82 Å². The number of rotatable bonds is 7. The van der Waals surface area contributed by atoms with E-state index in [4.69, 9.17) is 4.74 Å². The minimum absolute atomic E-state index is 0.0485. The van der Waals surface area contributed by atoms with Crippen molar-refractivity contribution in [2.24, 2.45) is 5.41 Å². The van der Waals surface area contributed by atoms with Crippen molar-refractivity contribution >= 4 is 11.6 Å². The molecule has 2 aliphatic rings. The van der Waals surface area contributed by atoms with E-state index in [1.54, 1.807) is 19.2 Å². The molecule has 0 aliphatic carbocycles. The van der Waals surface area contributed by atoms with Crippen LogP contribution in [-0.4, -0.2) is 76.9 Å². The summed E-state index contributed by atoms with van der Waals surface area (Å²) in [6.07, 6.45) is 1.91. The summed E-state index contributed by atoms with van der Waals surface area (Å²) >= 11 is 0. The molecule has 2 heterocycles. The van der Waals surface area contributed by atoms with Gasteiger partial charge in [-0.05, 0) is 50.7 Å². The van der Waals surface area contributed by atoms with Crippen LogP contribution < -0.4 is 15.5 Å². The minimum atomic E-state index is -0.328. The number of nitrogens with zero attached hydrogens (tertiary/aromatic N) is 2. The zero-order valence-electron chi connectivity index (χ0n) is 17.1. The molecule has 156 valence electrons. The van der Waals surface area contributed by atoms with Crippen LogP contribution in [0.15, 0.2) is 18.2 Å². The number of likely N-dealkylation sites (N-methyl/N-ethyl adjacent to an activating group) is 1. The number of hydrogen-bond donors (Lipinski definition) is 2. The average molecular weight is 393 g/mol. The smallest absolute Gasteiger partial charge is 0.251 e. The zero-order chi connectivity index (χ0) is 20.0. The Morgan fingerprint density at radius 3 is 2.57 bits per heavy atom. The van der Waals surface area contributed by atoms with Crippen molar-refractivity contribution < 1.29 is 13.9 Å². The van der Waals surface area contributed by atoms with Gasteiger partial charge in [0.05, 0.1) is 12.3 Å². The van der Waals surface area contributed by atoms with Gasteiger partial charge in [-0.15, -0.1) is 0 Å². The third-order valence-corrected chi connectivity index (χ3v) is 6.11. The summed E-state index contributed by atoms with van der Waals surface area (Å²) < 4.78 is 20.1. The number of halogens is 1. The number of piperazine rings is 1. The fraction of sp³-hybridized carbons (Fsp3) is 0.667. The quantitative estimate of drug-likeness (QED) is 0.740. The van der Waals surface area contributed by atoms with Crippen molar-refractivity contribution in [3.8, 4) is 0 Å². The lowest BCUT2D eigenvalue weighted by atomic mass is 9.79. The third kappa shape index (κ3) is 5.01. The molecule has 6 nitrogen and oxygen atoms in total. The summed E-state index contributed by atoms with van der Waals surface area (Å²) in [6, 6.07) is 4.83. The predicted molar refractivity (Wildman–Crippen MR) is 109 cm³/mol. The van der Waals surface area contributed by atoms with Gasteiger partial charge in [-0.25, -0.2) is 4.39 Å². The number of nitrogens with one attached hydrogen (secondary N) is 2. The van der Waals surface area contributed by atoms with Crippen LogP contribution in [-0.2, 0) is 4.74 Å². The molecule has 28 heavy (non-hydrogen) atoms. The molecule has 0 unspecified atom stereocenters. The average Bonchev–Trinajstić information content (AvgIpc) is 2.73. The Morgan fingerprint density at radius 1 is 1.25 bits per heavy atom. The number of amides is 1. The molecule has 0 aromatic heterocycles. The van der Waals surface area contributed by atoms with Gasteiger partial charge in [0.15, 0.2) is 0 Å². The largest absolute Gasteiger partial charge is 0.384 e. The van der Waals surface area contributed by atoms with E-state index in [2.05, 4.69) is 27.4 Å². The standard InChI is InChI=1S/C21H33FN4O2/c1-3-25-10-12-26(13-11-25)19-5-4-17(14-18(19)22)20(27)24-15-21(16-28-2)6-8-23-9-7-21/h4-5,14,23H,3,6-13,15-16H2,1-2H3,(H,24,27). The highest BCUT2D eigenvalue weighted by molar-refractivity contribution is 5.94. The van der Waals surface area contributed by atoms with Crippen LogP contribution in [0.2, 0.25) is 0 Å². The Bertz CT molecular complexity index is 650. The summed E-state index contributed by atoms with van der Waals surface area (Å²) in [7, 11) is 1.69. The molecule has 1 aromatic carbocycles. The Balaban J connectivity index is 1.60. The van der Waals surface area contributed by atoms with Crippen molar-refractivity contribution in [2.45, 2.75) is 19.8 Å². The molecule has 0 saturated carbocycles. The second-order valence-corrected chi connectivity index (χ2v) is 7.95. The minimum Gasteiger partial charge on any atom is -0.384 e. The highest BCUT2D eigenvalue weighted by atomic mass is 19.1. The van der Waals surface area contributed by atoms with Crippen LogP contribution in [0.4, 0.5) is 10.1 Å². The second-order valence-electron chi connectivity index (χ2n) is 7.95. The maximum Gasteiger partial charge on any atom is 0.251 e. The van der Waals surface area contributed by atoms with Gasteiger partial charge in [-0.2, -0.15) is 0 Å². The maximum absolute atomic E-state index is 14.7. The molecule has 7 heteroatoms. The molecule has 0 atom stereocenters. The first-order valence-electron chi connectivity index (χ1n) is 10.3. The summed E-state index contributed by atoms with van der Waals surface area (Å²) in [4.78, 5) is 17.0. The Labute approximate surface area is 167 Å². The lowest BCUT2D eigenvalue weighted by molar-refractivity contribution is 0.0511. The van der Waals surface area contributed by atoms with Crippen LogP contribution in [0.3, 0.4) is 0 Å². The van der Waals surface area contributed by atoms with Crippen LogP contribution in [0, 0.1) is 11.2 Å². The fourth-order valence-corrected chi connectivity index (χ4v) is 4.21. The zero-order valence-corrected chi connectivity index (χ0v) is 17.1. The van der Waals surface area contributed by atoms with Gasteiger partial charge in [0.25, 0.3) is 5.91 Å². The highest BCUT2D eigenvalue weighted by Crippen LogP contribution is 2.28. The molecular weight excluding hydrogens is 359 g/mol. The molecule has 2 aliphatic heterocycles.